The van der Waals surface area contributed by atoms with Gasteiger partial charge in [-0.3, -0.25) is 9.59 Å². The van der Waals surface area contributed by atoms with Gasteiger partial charge in [0, 0.05) is 24.9 Å². The third-order valence-corrected chi connectivity index (χ3v) is 2.84. The standard InChI is InChI=1S/C15H21NO2/c1-3-11-16-15(18)10-9-14(17)13-7-5-12(4-2)6-8-13/h5-8H,3-4,9-11H2,1-2H3,(H,16,18). The van der Waals surface area contributed by atoms with Crippen LogP contribution in [0.25, 0.3) is 0 Å². The van der Waals surface area contributed by atoms with Crippen LogP contribution in [0.1, 0.15) is 49.0 Å². The molecule has 0 aliphatic carbocycles. The lowest BCUT2D eigenvalue weighted by atomic mass is 10.0. The highest BCUT2D eigenvalue weighted by atomic mass is 16.2. The number of hydrogen-bond donors (Lipinski definition) is 1. The Morgan fingerprint density at radius 3 is 2.28 bits per heavy atom. The summed E-state index contributed by atoms with van der Waals surface area (Å²) >= 11 is 0. The van der Waals surface area contributed by atoms with E-state index < -0.39 is 0 Å². The van der Waals surface area contributed by atoms with Gasteiger partial charge in [-0.2, -0.15) is 0 Å². The molecule has 1 N–H and O–H groups in total. The molecule has 0 saturated carbocycles. The summed E-state index contributed by atoms with van der Waals surface area (Å²) in [6, 6.07) is 7.60. The number of hydrogen-bond acceptors (Lipinski definition) is 2. The van der Waals surface area contributed by atoms with E-state index in [2.05, 4.69) is 12.2 Å². The second-order valence-electron chi connectivity index (χ2n) is 4.32. The van der Waals surface area contributed by atoms with Crippen LogP contribution in [0.2, 0.25) is 0 Å². The highest BCUT2D eigenvalue weighted by Gasteiger charge is 2.08. The lowest BCUT2D eigenvalue weighted by Crippen LogP contribution is -2.24. The first-order valence-corrected chi connectivity index (χ1v) is 6.56. The van der Waals surface area contributed by atoms with Crippen molar-refractivity contribution in [2.24, 2.45) is 0 Å². The van der Waals surface area contributed by atoms with Crippen molar-refractivity contribution in [3.63, 3.8) is 0 Å². The molecule has 0 spiro atoms. The molecule has 0 radical (unpaired) electrons. The Labute approximate surface area is 109 Å². The summed E-state index contributed by atoms with van der Waals surface area (Å²) in [7, 11) is 0. The van der Waals surface area contributed by atoms with Crippen LogP contribution < -0.4 is 5.32 Å². The van der Waals surface area contributed by atoms with Crippen LogP contribution in [0.4, 0.5) is 0 Å². The van der Waals surface area contributed by atoms with Crippen LogP contribution >= 0.6 is 0 Å². The van der Waals surface area contributed by atoms with E-state index in [1.54, 1.807) is 0 Å². The first-order chi connectivity index (χ1) is 8.67. The van der Waals surface area contributed by atoms with E-state index >= 15 is 0 Å². The number of benzene rings is 1. The fourth-order valence-electron chi connectivity index (χ4n) is 1.65. The fourth-order valence-corrected chi connectivity index (χ4v) is 1.65. The summed E-state index contributed by atoms with van der Waals surface area (Å²) in [6.45, 7) is 4.76. The lowest BCUT2D eigenvalue weighted by Gasteiger charge is -2.04. The number of rotatable bonds is 7. The molecule has 0 bridgehead atoms. The van der Waals surface area contributed by atoms with Crippen molar-refractivity contribution in [1.82, 2.24) is 5.32 Å². The van der Waals surface area contributed by atoms with Crippen molar-refractivity contribution in [1.29, 1.82) is 0 Å². The molecule has 1 amide bonds. The second kappa shape index (κ2) is 7.64. The molecule has 0 saturated heterocycles. The minimum atomic E-state index is -0.0459. The molecule has 0 fully saturated rings. The topological polar surface area (TPSA) is 46.2 Å². The van der Waals surface area contributed by atoms with Crippen molar-refractivity contribution in [2.75, 3.05) is 6.54 Å². The maximum atomic E-state index is 11.8. The molecular formula is C15H21NO2. The zero-order chi connectivity index (χ0) is 13.4. The lowest BCUT2D eigenvalue weighted by molar-refractivity contribution is -0.121. The molecule has 3 nitrogen and oxygen atoms in total. The van der Waals surface area contributed by atoms with Crippen LogP contribution in [-0.4, -0.2) is 18.2 Å². The van der Waals surface area contributed by atoms with Gasteiger partial charge < -0.3 is 5.32 Å². The van der Waals surface area contributed by atoms with Gasteiger partial charge in [0.15, 0.2) is 5.78 Å². The Balaban J connectivity index is 2.42. The largest absolute Gasteiger partial charge is 0.356 e. The molecule has 0 heterocycles. The number of nitrogens with one attached hydrogen (secondary N) is 1. The zero-order valence-electron chi connectivity index (χ0n) is 11.2. The molecule has 0 unspecified atom stereocenters. The number of ketones is 1. The first kappa shape index (κ1) is 14.4. The SMILES string of the molecule is CCCNC(=O)CCC(=O)c1ccc(CC)cc1. The van der Waals surface area contributed by atoms with Crippen LogP contribution in [0.15, 0.2) is 24.3 Å². The molecule has 1 aromatic rings. The fraction of sp³-hybridized carbons (Fsp3) is 0.467. The highest BCUT2D eigenvalue weighted by Crippen LogP contribution is 2.08. The predicted molar refractivity (Wildman–Crippen MR) is 72.7 cm³/mol. The second-order valence-corrected chi connectivity index (χ2v) is 4.32. The van der Waals surface area contributed by atoms with Gasteiger partial charge >= 0.3 is 0 Å². The Bertz CT molecular complexity index is 395. The Morgan fingerprint density at radius 2 is 1.72 bits per heavy atom. The molecule has 3 heteroatoms. The smallest absolute Gasteiger partial charge is 0.220 e. The minimum Gasteiger partial charge on any atom is -0.356 e. The number of aryl methyl sites for hydroxylation is 1. The van der Waals surface area contributed by atoms with Crippen molar-refractivity contribution in [3.05, 3.63) is 35.4 Å². The quantitative estimate of drug-likeness (QED) is 0.753. The predicted octanol–water partition coefficient (Wildman–Crippen LogP) is 2.74. The summed E-state index contributed by atoms with van der Waals surface area (Å²) in [5.41, 5.74) is 1.91. The monoisotopic (exact) mass is 247 g/mol. The van der Waals surface area contributed by atoms with Crippen LogP contribution in [0.3, 0.4) is 0 Å². The molecule has 18 heavy (non-hydrogen) atoms. The molecule has 1 rings (SSSR count). The van der Waals surface area contributed by atoms with E-state index in [0.29, 0.717) is 12.1 Å². The molecule has 98 valence electrons. The Morgan fingerprint density at radius 1 is 1.06 bits per heavy atom. The van der Waals surface area contributed by atoms with E-state index in [-0.39, 0.29) is 24.5 Å². The van der Waals surface area contributed by atoms with Gasteiger partial charge in [0.05, 0.1) is 0 Å². The number of carbonyl (C=O) groups excluding carboxylic acids is 2. The average molecular weight is 247 g/mol. The van der Waals surface area contributed by atoms with Crippen LogP contribution in [0.5, 0.6) is 0 Å². The summed E-state index contributed by atoms with van der Waals surface area (Å²) in [5, 5.41) is 2.77. The van der Waals surface area contributed by atoms with E-state index in [0.717, 1.165) is 12.8 Å². The summed E-state index contributed by atoms with van der Waals surface area (Å²) in [6.07, 6.45) is 2.43. The Hall–Kier alpha value is -1.64. The van der Waals surface area contributed by atoms with Crippen molar-refractivity contribution in [3.8, 4) is 0 Å². The van der Waals surface area contributed by atoms with Crippen LogP contribution in [-0.2, 0) is 11.2 Å². The van der Waals surface area contributed by atoms with E-state index in [1.807, 2.05) is 31.2 Å². The molecular weight excluding hydrogens is 226 g/mol. The van der Waals surface area contributed by atoms with Gasteiger partial charge in [0.2, 0.25) is 5.91 Å². The number of carbonyl (C=O) groups is 2. The molecule has 0 aliphatic rings. The van der Waals surface area contributed by atoms with Crippen molar-refractivity contribution in [2.45, 2.75) is 39.5 Å². The van der Waals surface area contributed by atoms with Gasteiger partial charge in [-0.25, -0.2) is 0 Å². The van der Waals surface area contributed by atoms with Gasteiger partial charge in [0.25, 0.3) is 0 Å². The third-order valence-electron chi connectivity index (χ3n) is 2.84. The van der Waals surface area contributed by atoms with E-state index in [1.165, 1.54) is 5.56 Å². The van der Waals surface area contributed by atoms with Gasteiger partial charge in [-0.15, -0.1) is 0 Å². The maximum absolute atomic E-state index is 11.8. The third kappa shape index (κ3) is 4.70. The highest BCUT2D eigenvalue weighted by molar-refractivity contribution is 5.97. The normalized spacial score (nSPS) is 10.1. The maximum Gasteiger partial charge on any atom is 0.220 e. The van der Waals surface area contributed by atoms with E-state index in [4.69, 9.17) is 0 Å². The van der Waals surface area contributed by atoms with Gasteiger partial charge in [-0.05, 0) is 18.4 Å². The Kier molecular flexibility index (Phi) is 6.12. The molecule has 0 aromatic heterocycles. The number of Topliss-reactive ketones (excluding diaryl/α,β-unsaturated/α-hetero) is 1. The molecule has 1 aromatic carbocycles. The summed E-state index contributed by atoms with van der Waals surface area (Å²) in [4.78, 5) is 23.2. The zero-order valence-corrected chi connectivity index (χ0v) is 11.2. The summed E-state index contributed by atoms with van der Waals surface area (Å²) in [5.74, 6) is -0.0142. The number of amides is 1. The average Bonchev–Trinajstić information content (AvgIpc) is 2.42. The summed E-state index contributed by atoms with van der Waals surface area (Å²) < 4.78 is 0. The van der Waals surface area contributed by atoms with Crippen LogP contribution in [0, 0.1) is 0 Å². The van der Waals surface area contributed by atoms with Crippen molar-refractivity contribution >= 4 is 11.7 Å². The molecule has 0 atom stereocenters. The van der Waals surface area contributed by atoms with Gasteiger partial charge in [0.1, 0.15) is 0 Å². The van der Waals surface area contributed by atoms with Crippen molar-refractivity contribution < 1.29 is 9.59 Å². The minimum absolute atomic E-state index is 0.0318. The van der Waals surface area contributed by atoms with Gasteiger partial charge in [-0.1, -0.05) is 38.1 Å². The first-order valence-electron chi connectivity index (χ1n) is 6.56. The molecule has 0 aliphatic heterocycles. The van der Waals surface area contributed by atoms with E-state index in [9.17, 15) is 9.59 Å².